The van der Waals surface area contributed by atoms with Crippen LogP contribution in [0.3, 0.4) is 0 Å². The van der Waals surface area contributed by atoms with E-state index in [9.17, 15) is 18.0 Å². The third-order valence-electron chi connectivity index (χ3n) is 7.06. The van der Waals surface area contributed by atoms with Gasteiger partial charge in [0, 0.05) is 61.3 Å². The molecule has 0 bridgehead atoms. The maximum absolute atomic E-state index is 13.5. The number of H-pyrrole nitrogens is 1. The zero-order chi connectivity index (χ0) is 26.0. The molecular weight excluding hydrogens is 479 g/mol. The first-order valence-corrected chi connectivity index (χ1v) is 12.2. The van der Waals surface area contributed by atoms with Crippen LogP contribution in [-0.4, -0.2) is 49.1 Å². The number of halogens is 3. The second kappa shape index (κ2) is 10.2. The van der Waals surface area contributed by atoms with Crippen LogP contribution in [0.15, 0.2) is 79.0 Å². The number of methoxy groups -OCH3 is 1. The number of piperazine rings is 1. The van der Waals surface area contributed by atoms with Gasteiger partial charge in [-0.1, -0.05) is 36.4 Å². The van der Waals surface area contributed by atoms with E-state index in [4.69, 9.17) is 4.74 Å². The van der Waals surface area contributed by atoms with Crippen molar-refractivity contribution in [1.82, 2.24) is 9.88 Å². The first kappa shape index (κ1) is 24.7. The molecule has 1 fully saturated rings. The standard InChI is InChI=1S/C29H28F3N3O2/c1-37-23-11-9-20(10-12-23)25(26-19-33-27-8-3-2-7-24(26)27)18-28(36)35-15-13-34(14-16-35)22-6-4-5-21(17-22)29(30,31)32/h2-12,17,19,25,33H,13-16,18H2,1H3. The monoisotopic (exact) mass is 507 g/mol. The third-order valence-corrected chi connectivity index (χ3v) is 7.06. The molecule has 3 aromatic carbocycles. The molecule has 1 aliphatic heterocycles. The summed E-state index contributed by atoms with van der Waals surface area (Å²) in [4.78, 5) is 20.5. The van der Waals surface area contributed by atoms with Gasteiger partial charge in [-0.15, -0.1) is 0 Å². The molecule has 1 aromatic heterocycles. The minimum atomic E-state index is -4.38. The number of benzene rings is 3. The number of hydrogen-bond acceptors (Lipinski definition) is 3. The molecule has 0 saturated carbocycles. The number of rotatable bonds is 6. The quantitative estimate of drug-likeness (QED) is 0.345. The average Bonchev–Trinajstić information content (AvgIpc) is 3.35. The normalized spacial score (nSPS) is 15.1. The Morgan fingerprint density at radius 1 is 0.973 bits per heavy atom. The van der Waals surface area contributed by atoms with E-state index in [1.54, 1.807) is 13.2 Å². The summed E-state index contributed by atoms with van der Waals surface area (Å²) in [5, 5.41) is 1.07. The summed E-state index contributed by atoms with van der Waals surface area (Å²) in [6.07, 6.45) is -2.12. The van der Waals surface area contributed by atoms with Gasteiger partial charge in [-0.2, -0.15) is 13.2 Å². The number of alkyl halides is 3. The summed E-state index contributed by atoms with van der Waals surface area (Å²) in [6, 6.07) is 21.2. The van der Waals surface area contributed by atoms with Crippen LogP contribution in [0.4, 0.5) is 18.9 Å². The fraction of sp³-hybridized carbons (Fsp3) is 0.276. The lowest BCUT2D eigenvalue weighted by atomic mass is 9.87. The van der Waals surface area contributed by atoms with Crippen molar-refractivity contribution in [3.63, 3.8) is 0 Å². The van der Waals surface area contributed by atoms with E-state index in [1.807, 2.05) is 58.5 Å². The van der Waals surface area contributed by atoms with Gasteiger partial charge in [0.1, 0.15) is 5.75 Å². The van der Waals surface area contributed by atoms with Crippen LogP contribution in [0.5, 0.6) is 5.75 Å². The molecule has 192 valence electrons. The highest BCUT2D eigenvalue weighted by Gasteiger charge is 2.32. The lowest BCUT2D eigenvalue weighted by molar-refractivity contribution is -0.137. The lowest BCUT2D eigenvalue weighted by Crippen LogP contribution is -2.49. The van der Waals surface area contributed by atoms with Crippen LogP contribution in [0, 0.1) is 0 Å². The molecule has 1 amide bonds. The molecule has 8 heteroatoms. The number of aromatic nitrogens is 1. The Bertz CT molecular complexity index is 1370. The largest absolute Gasteiger partial charge is 0.497 e. The maximum atomic E-state index is 13.5. The Morgan fingerprint density at radius 2 is 1.70 bits per heavy atom. The first-order valence-electron chi connectivity index (χ1n) is 12.2. The minimum Gasteiger partial charge on any atom is -0.497 e. The molecular formula is C29H28F3N3O2. The number of fused-ring (bicyclic) bond motifs is 1. The number of hydrogen-bond donors (Lipinski definition) is 1. The second-order valence-corrected chi connectivity index (χ2v) is 9.24. The van der Waals surface area contributed by atoms with Gasteiger partial charge in [-0.25, -0.2) is 0 Å². The second-order valence-electron chi connectivity index (χ2n) is 9.24. The molecule has 1 saturated heterocycles. The number of carbonyl (C=O) groups is 1. The zero-order valence-corrected chi connectivity index (χ0v) is 20.5. The maximum Gasteiger partial charge on any atom is 0.416 e. The Balaban J connectivity index is 1.33. The molecule has 0 aliphatic carbocycles. The molecule has 1 atom stereocenters. The van der Waals surface area contributed by atoms with E-state index < -0.39 is 11.7 Å². The van der Waals surface area contributed by atoms with E-state index in [2.05, 4.69) is 11.1 Å². The van der Waals surface area contributed by atoms with Crippen LogP contribution in [-0.2, 0) is 11.0 Å². The summed E-state index contributed by atoms with van der Waals surface area (Å²) in [5.41, 5.74) is 2.94. The fourth-order valence-corrected chi connectivity index (χ4v) is 5.02. The van der Waals surface area contributed by atoms with Crippen molar-refractivity contribution in [3.8, 4) is 5.75 Å². The summed E-state index contributed by atoms with van der Waals surface area (Å²) < 4.78 is 44.7. The number of anilines is 1. The zero-order valence-electron chi connectivity index (χ0n) is 20.5. The molecule has 5 rings (SSSR count). The topological polar surface area (TPSA) is 48.6 Å². The number of aromatic amines is 1. The highest BCUT2D eigenvalue weighted by atomic mass is 19.4. The molecule has 4 aromatic rings. The number of nitrogens with zero attached hydrogens (tertiary/aromatic N) is 2. The van der Waals surface area contributed by atoms with Gasteiger partial charge in [-0.3, -0.25) is 4.79 Å². The number of ether oxygens (including phenoxy) is 1. The Labute approximate surface area is 213 Å². The van der Waals surface area contributed by atoms with Gasteiger partial charge in [0.2, 0.25) is 5.91 Å². The summed E-state index contributed by atoms with van der Waals surface area (Å²) in [7, 11) is 1.62. The summed E-state index contributed by atoms with van der Waals surface area (Å²) >= 11 is 0. The van der Waals surface area contributed by atoms with Crippen molar-refractivity contribution in [2.45, 2.75) is 18.5 Å². The van der Waals surface area contributed by atoms with E-state index in [-0.39, 0.29) is 18.2 Å². The minimum absolute atomic E-state index is 0.0230. The highest BCUT2D eigenvalue weighted by Crippen LogP contribution is 2.35. The van der Waals surface area contributed by atoms with E-state index in [0.29, 0.717) is 31.9 Å². The Hall–Kier alpha value is -3.94. The van der Waals surface area contributed by atoms with Crippen molar-refractivity contribution in [1.29, 1.82) is 0 Å². The van der Waals surface area contributed by atoms with Gasteiger partial charge < -0.3 is 19.5 Å². The van der Waals surface area contributed by atoms with Crippen LogP contribution >= 0.6 is 0 Å². The molecule has 0 radical (unpaired) electrons. The van der Waals surface area contributed by atoms with Crippen LogP contribution in [0.25, 0.3) is 10.9 Å². The van der Waals surface area contributed by atoms with Crippen molar-refractivity contribution in [2.24, 2.45) is 0 Å². The smallest absolute Gasteiger partial charge is 0.416 e. The van der Waals surface area contributed by atoms with Crippen molar-refractivity contribution >= 4 is 22.5 Å². The molecule has 1 N–H and O–H groups in total. The SMILES string of the molecule is COc1ccc(C(CC(=O)N2CCN(c3cccc(C(F)(F)F)c3)CC2)c2c[nH]c3ccccc23)cc1. The summed E-state index contributed by atoms with van der Waals surface area (Å²) in [6.45, 7) is 1.87. The summed E-state index contributed by atoms with van der Waals surface area (Å²) in [5.74, 6) is 0.615. The molecule has 1 aliphatic rings. The Kier molecular flexibility index (Phi) is 6.82. The van der Waals surface area contributed by atoms with Gasteiger partial charge in [0.25, 0.3) is 0 Å². The molecule has 5 nitrogen and oxygen atoms in total. The van der Waals surface area contributed by atoms with Gasteiger partial charge in [-0.05, 0) is 47.5 Å². The van der Waals surface area contributed by atoms with Crippen LogP contribution < -0.4 is 9.64 Å². The molecule has 2 heterocycles. The molecule has 1 unspecified atom stereocenters. The van der Waals surface area contributed by atoms with Crippen LogP contribution in [0.1, 0.15) is 29.0 Å². The van der Waals surface area contributed by atoms with Gasteiger partial charge in [0.05, 0.1) is 12.7 Å². The predicted octanol–water partition coefficient (Wildman–Crippen LogP) is 6.07. The highest BCUT2D eigenvalue weighted by molar-refractivity contribution is 5.86. The first-order chi connectivity index (χ1) is 17.8. The molecule has 37 heavy (non-hydrogen) atoms. The number of nitrogens with one attached hydrogen (secondary N) is 1. The third kappa shape index (κ3) is 5.28. The van der Waals surface area contributed by atoms with Crippen molar-refractivity contribution in [3.05, 3.63) is 95.7 Å². The van der Waals surface area contributed by atoms with Gasteiger partial charge >= 0.3 is 6.18 Å². The van der Waals surface area contributed by atoms with Crippen molar-refractivity contribution < 1.29 is 22.7 Å². The number of amides is 1. The number of para-hydroxylation sites is 1. The van der Waals surface area contributed by atoms with E-state index in [0.717, 1.165) is 33.8 Å². The number of carbonyl (C=O) groups excluding carboxylic acids is 1. The fourth-order valence-electron chi connectivity index (χ4n) is 5.02. The Morgan fingerprint density at radius 3 is 2.41 bits per heavy atom. The lowest BCUT2D eigenvalue weighted by Gasteiger charge is -2.37. The molecule has 0 spiro atoms. The average molecular weight is 508 g/mol. The van der Waals surface area contributed by atoms with Gasteiger partial charge in [0.15, 0.2) is 0 Å². The van der Waals surface area contributed by atoms with E-state index >= 15 is 0 Å². The predicted molar refractivity (Wildman–Crippen MR) is 138 cm³/mol. The van der Waals surface area contributed by atoms with Crippen LogP contribution in [0.2, 0.25) is 0 Å². The van der Waals surface area contributed by atoms with Crippen molar-refractivity contribution in [2.75, 3.05) is 38.2 Å². The van der Waals surface area contributed by atoms with E-state index in [1.165, 1.54) is 12.1 Å².